The van der Waals surface area contributed by atoms with Crippen LogP contribution in [0.15, 0.2) is 68.6 Å². The van der Waals surface area contributed by atoms with Crippen LogP contribution >= 0.6 is 0 Å². The van der Waals surface area contributed by atoms with Crippen LogP contribution in [0.25, 0.3) is 33.5 Å². The molecule has 5 rings (SSSR count). The molecule has 3 heterocycles. The van der Waals surface area contributed by atoms with Crippen LogP contribution in [0.4, 0.5) is 13.2 Å². The van der Waals surface area contributed by atoms with E-state index < -0.39 is 17.3 Å². The highest BCUT2D eigenvalue weighted by Gasteiger charge is 2.30. The Morgan fingerprint density at radius 2 is 1.90 bits per heavy atom. The summed E-state index contributed by atoms with van der Waals surface area (Å²) in [5.41, 5.74) is -0.0204. The average molecular weight is 412 g/mol. The number of furan rings is 1. The molecule has 7 nitrogen and oxygen atoms in total. The SMILES string of the molecule is O=c1c2oc3ccccc3c2ncn1Cc1nc(-c2cccc(C(F)(F)F)c2)no1. The third kappa shape index (κ3) is 3.02. The maximum atomic E-state index is 12.9. The molecule has 3 aromatic heterocycles. The standard InChI is InChI=1S/C20H11F3N4O3/c21-20(22,23)12-5-3-4-11(8-12)18-25-15(30-26-18)9-27-10-24-16-13-6-1-2-7-14(13)29-17(16)19(27)28/h1-8,10H,9H2. The molecule has 0 unspecified atom stereocenters. The van der Waals surface area contributed by atoms with Gasteiger partial charge in [0.1, 0.15) is 17.6 Å². The van der Waals surface area contributed by atoms with E-state index in [-0.39, 0.29) is 29.4 Å². The first-order valence-corrected chi connectivity index (χ1v) is 8.77. The Hall–Kier alpha value is -3.95. The van der Waals surface area contributed by atoms with Gasteiger partial charge in [0, 0.05) is 10.9 Å². The van der Waals surface area contributed by atoms with E-state index in [1.807, 2.05) is 6.07 Å². The van der Waals surface area contributed by atoms with Gasteiger partial charge in [-0.15, -0.1) is 0 Å². The fraction of sp³-hybridized carbons (Fsp3) is 0.100. The molecule has 150 valence electrons. The molecule has 2 aromatic carbocycles. The Bertz CT molecular complexity index is 1450. The molecule has 0 bridgehead atoms. The first-order chi connectivity index (χ1) is 14.4. The first-order valence-electron chi connectivity index (χ1n) is 8.77. The molecule has 5 aromatic rings. The van der Waals surface area contributed by atoms with E-state index in [9.17, 15) is 18.0 Å². The number of alkyl halides is 3. The molecule has 0 amide bonds. The van der Waals surface area contributed by atoms with Gasteiger partial charge < -0.3 is 8.94 Å². The Kier molecular flexibility index (Phi) is 3.95. The molecule has 0 aliphatic carbocycles. The van der Waals surface area contributed by atoms with Crippen molar-refractivity contribution in [2.24, 2.45) is 0 Å². The lowest BCUT2D eigenvalue weighted by Crippen LogP contribution is -2.20. The van der Waals surface area contributed by atoms with E-state index in [4.69, 9.17) is 8.94 Å². The van der Waals surface area contributed by atoms with Gasteiger partial charge in [-0.2, -0.15) is 18.2 Å². The van der Waals surface area contributed by atoms with Gasteiger partial charge in [-0.1, -0.05) is 29.4 Å². The lowest BCUT2D eigenvalue weighted by Gasteiger charge is -2.06. The monoisotopic (exact) mass is 412 g/mol. The zero-order valence-electron chi connectivity index (χ0n) is 15.1. The van der Waals surface area contributed by atoms with Gasteiger partial charge in [0.25, 0.3) is 5.56 Å². The maximum Gasteiger partial charge on any atom is 0.416 e. The number of benzene rings is 2. The molecule has 0 aliphatic rings. The number of nitrogens with zero attached hydrogens (tertiary/aromatic N) is 4. The second kappa shape index (κ2) is 6.55. The van der Waals surface area contributed by atoms with Crippen LogP contribution in [0.1, 0.15) is 11.5 Å². The summed E-state index contributed by atoms with van der Waals surface area (Å²) in [6.07, 6.45) is -3.15. The Labute approximate surface area is 165 Å². The molecule has 0 saturated carbocycles. The van der Waals surface area contributed by atoms with Crippen LogP contribution in [-0.2, 0) is 12.7 Å². The van der Waals surface area contributed by atoms with Gasteiger partial charge >= 0.3 is 6.18 Å². The van der Waals surface area contributed by atoms with Gasteiger partial charge in [-0.25, -0.2) is 4.98 Å². The Balaban J connectivity index is 1.48. The molecule has 0 N–H and O–H groups in total. The fourth-order valence-electron chi connectivity index (χ4n) is 3.14. The van der Waals surface area contributed by atoms with E-state index in [0.29, 0.717) is 11.1 Å². The minimum Gasteiger partial charge on any atom is -0.448 e. The topological polar surface area (TPSA) is 87.0 Å². The summed E-state index contributed by atoms with van der Waals surface area (Å²) in [7, 11) is 0. The summed E-state index contributed by atoms with van der Waals surface area (Å²) in [6, 6.07) is 11.7. The zero-order valence-corrected chi connectivity index (χ0v) is 15.1. The molecular formula is C20H11F3N4O3. The van der Waals surface area contributed by atoms with E-state index in [1.165, 1.54) is 23.0 Å². The van der Waals surface area contributed by atoms with Crippen molar-refractivity contribution in [3.63, 3.8) is 0 Å². The normalized spacial score (nSPS) is 12.1. The van der Waals surface area contributed by atoms with Crippen molar-refractivity contribution in [1.29, 1.82) is 0 Å². The number of halogens is 3. The van der Waals surface area contributed by atoms with Crippen molar-refractivity contribution in [3.8, 4) is 11.4 Å². The highest BCUT2D eigenvalue weighted by Crippen LogP contribution is 2.31. The highest BCUT2D eigenvalue weighted by atomic mass is 19.4. The fourth-order valence-corrected chi connectivity index (χ4v) is 3.14. The van der Waals surface area contributed by atoms with Crippen LogP contribution in [-0.4, -0.2) is 19.7 Å². The summed E-state index contributed by atoms with van der Waals surface area (Å²) in [5.74, 6) is 0.0312. The first kappa shape index (κ1) is 18.1. The van der Waals surface area contributed by atoms with E-state index in [0.717, 1.165) is 17.5 Å². The van der Waals surface area contributed by atoms with Crippen LogP contribution in [0.3, 0.4) is 0 Å². The van der Waals surface area contributed by atoms with Crippen molar-refractivity contribution in [3.05, 3.63) is 76.7 Å². The molecule has 0 radical (unpaired) electrons. The molecule has 0 fully saturated rings. The predicted molar refractivity (Wildman–Crippen MR) is 99.6 cm³/mol. The second-order valence-electron chi connectivity index (χ2n) is 6.54. The quantitative estimate of drug-likeness (QED) is 0.440. The largest absolute Gasteiger partial charge is 0.448 e. The van der Waals surface area contributed by atoms with Gasteiger partial charge in [0.05, 0.1) is 11.9 Å². The summed E-state index contributed by atoms with van der Waals surface area (Å²) in [4.78, 5) is 21.1. The number of hydrogen-bond acceptors (Lipinski definition) is 6. The molecule has 0 spiro atoms. The minimum atomic E-state index is -4.48. The van der Waals surface area contributed by atoms with Crippen molar-refractivity contribution < 1.29 is 22.1 Å². The Morgan fingerprint density at radius 3 is 2.73 bits per heavy atom. The molecule has 0 atom stereocenters. The third-order valence-electron chi connectivity index (χ3n) is 4.57. The minimum absolute atomic E-state index is 0.0121. The molecule has 0 saturated heterocycles. The van der Waals surface area contributed by atoms with Gasteiger partial charge in [0.15, 0.2) is 0 Å². The molecule has 10 heteroatoms. The van der Waals surface area contributed by atoms with Crippen molar-refractivity contribution in [2.75, 3.05) is 0 Å². The lowest BCUT2D eigenvalue weighted by atomic mass is 10.1. The van der Waals surface area contributed by atoms with E-state index in [2.05, 4.69) is 15.1 Å². The number of rotatable bonds is 3. The van der Waals surface area contributed by atoms with E-state index in [1.54, 1.807) is 18.2 Å². The van der Waals surface area contributed by atoms with Gasteiger partial charge in [0.2, 0.25) is 17.3 Å². The maximum absolute atomic E-state index is 12.9. The predicted octanol–water partition coefficient (Wildman–Crippen LogP) is 4.26. The third-order valence-corrected chi connectivity index (χ3v) is 4.57. The smallest absolute Gasteiger partial charge is 0.416 e. The highest BCUT2D eigenvalue weighted by molar-refractivity contribution is 6.01. The molecular weight excluding hydrogens is 401 g/mol. The summed E-state index contributed by atoms with van der Waals surface area (Å²) in [6.45, 7) is -0.106. The molecule has 30 heavy (non-hydrogen) atoms. The van der Waals surface area contributed by atoms with E-state index >= 15 is 0 Å². The zero-order chi connectivity index (χ0) is 20.9. The average Bonchev–Trinajstić information content (AvgIpc) is 3.35. The number of aromatic nitrogens is 4. The van der Waals surface area contributed by atoms with Crippen LogP contribution < -0.4 is 5.56 Å². The lowest BCUT2D eigenvalue weighted by molar-refractivity contribution is -0.137. The van der Waals surface area contributed by atoms with Crippen molar-refractivity contribution in [1.82, 2.24) is 19.7 Å². The van der Waals surface area contributed by atoms with Gasteiger partial charge in [-0.05, 0) is 24.3 Å². The summed E-state index contributed by atoms with van der Waals surface area (Å²) in [5, 5.41) is 4.44. The second-order valence-corrected chi connectivity index (χ2v) is 6.54. The van der Waals surface area contributed by atoms with Crippen LogP contribution in [0, 0.1) is 0 Å². The summed E-state index contributed by atoms with van der Waals surface area (Å²) < 4.78 is 50.7. The molecule has 0 aliphatic heterocycles. The number of hydrogen-bond donors (Lipinski definition) is 0. The number of para-hydroxylation sites is 1. The van der Waals surface area contributed by atoms with Crippen molar-refractivity contribution in [2.45, 2.75) is 12.7 Å². The van der Waals surface area contributed by atoms with Crippen LogP contribution in [0.5, 0.6) is 0 Å². The summed E-state index contributed by atoms with van der Waals surface area (Å²) >= 11 is 0. The number of fused-ring (bicyclic) bond motifs is 3. The van der Waals surface area contributed by atoms with Crippen molar-refractivity contribution >= 4 is 22.1 Å². The van der Waals surface area contributed by atoms with Crippen LogP contribution in [0.2, 0.25) is 0 Å². The van der Waals surface area contributed by atoms with Gasteiger partial charge in [-0.3, -0.25) is 9.36 Å². The Morgan fingerprint density at radius 1 is 1.07 bits per heavy atom.